The normalized spacial score (nSPS) is 10.4. The van der Waals surface area contributed by atoms with Gasteiger partial charge in [-0.2, -0.15) is 5.10 Å². The number of nitrogens with two attached hydrogens (primary N) is 1. The van der Waals surface area contributed by atoms with Crippen molar-refractivity contribution in [1.29, 1.82) is 0 Å². The fourth-order valence-electron chi connectivity index (χ4n) is 1.10. The first-order valence-corrected chi connectivity index (χ1v) is 3.63. The molecule has 0 amide bonds. The quantitative estimate of drug-likeness (QED) is 0.670. The van der Waals surface area contributed by atoms with Crippen LogP contribution in [-0.4, -0.2) is 10.2 Å². The third-order valence-corrected chi connectivity index (χ3v) is 1.70. The van der Waals surface area contributed by atoms with Gasteiger partial charge < -0.3 is 10.2 Å². The van der Waals surface area contributed by atoms with Gasteiger partial charge >= 0.3 is 0 Å². The van der Waals surface area contributed by atoms with Crippen molar-refractivity contribution in [2.45, 2.75) is 6.92 Å². The molecule has 4 nitrogen and oxygen atoms in total. The van der Waals surface area contributed by atoms with Crippen LogP contribution in [0, 0.1) is 6.92 Å². The van der Waals surface area contributed by atoms with Crippen LogP contribution in [0.4, 0.5) is 5.82 Å². The van der Waals surface area contributed by atoms with Crippen molar-refractivity contribution in [3.8, 4) is 11.5 Å². The van der Waals surface area contributed by atoms with E-state index in [4.69, 9.17) is 10.2 Å². The molecule has 0 aromatic carbocycles. The summed E-state index contributed by atoms with van der Waals surface area (Å²) in [6, 6.07) is 3.64. The number of nitrogens with zero attached hydrogens (tertiary/aromatic N) is 1. The van der Waals surface area contributed by atoms with Gasteiger partial charge in [-0.15, -0.1) is 0 Å². The summed E-state index contributed by atoms with van der Waals surface area (Å²) in [6.45, 7) is 1.97. The number of nitrogens with one attached hydrogen (secondary N) is 1. The van der Waals surface area contributed by atoms with Crippen molar-refractivity contribution < 1.29 is 4.42 Å². The van der Waals surface area contributed by atoms with Crippen molar-refractivity contribution in [3.63, 3.8) is 0 Å². The second-order valence-electron chi connectivity index (χ2n) is 2.64. The number of aromatic amines is 1. The smallest absolute Gasteiger partial charge is 0.154 e. The zero-order valence-electron chi connectivity index (χ0n) is 6.66. The van der Waals surface area contributed by atoms with Crippen LogP contribution in [0.25, 0.3) is 11.5 Å². The van der Waals surface area contributed by atoms with Gasteiger partial charge in [0.25, 0.3) is 0 Å². The van der Waals surface area contributed by atoms with Gasteiger partial charge in [0.2, 0.25) is 0 Å². The van der Waals surface area contributed by atoms with Crippen LogP contribution in [0.2, 0.25) is 0 Å². The van der Waals surface area contributed by atoms with E-state index in [1.165, 1.54) is 0 Å². The van der Waals surface area contributed by atoms with Crippen molar-refractivity contribution in [2.75, 3.05) is 5.73 Å². The SMILES string of the molecule is Cc1ccoc1-c1cc(N)n[nH]1. The van der Waals surface area contributed by atoms with Crippen LogP contribution in [0.15, 0.2) is 22.8 Å². The number of hydrogen-bond acceptors (Lipinski definition) is 3. The Morgan fingerprint density at radius 3 is 2.92 bits per heavy atom. The summed E-state index contributed by atoms with van der Waals surface area (Å²) in [7, 11) is 0. The van der Waals surface area contributed by atoms with Crippen molar-refractivity contribution in [3.05, 3.63) is 24.0 Å². The molecule has 0 radical (unpaired) electrons. The molecule has 0 saturated heterocycles. The molecule has 0 aliphatic rings. The minimum atomic E-state index is 0.473. The molecule has 0 aliphatic carbocycles. The number of H-pyrrole nitrogens is 1. The third kappa shape index (κ3) is 0.972. The molecule has 0 atom stereocenters. The molecule has 2 rings (SSSR count). The highest BCUT2D eigenvalue weighted by Crippen LogP contribution is 2.22. The van der Waals surface area contributed by atoms with Crippen LogP contribution in [0.1, 0.15) is 5.56 Å². The zero-order valence-corrected chi connectivity index (χ0v) is 6.66. The molecule has 12 heavy (non-hydrogen) atoms. The minimum Gasteiger partial charge on any atom is -0.462 e. The number of furan rings is 1. The average Bonchev–Trinajstić information content (AvgIpc) is 2.58. The fraction of sp³-hybridized carbons (Fsp3) is 0.125. The van der Waals surface area contributed by atoms with Crippen LogP contribution in [0.3, 0.4) is 0 Å². The van der Waals surface area contributed by atoms with Crippen molar-refractivity contribution >= 4 is 5.82 Å². The second kappa shape index (κ2) is 2.41. The monoisotopic (exact) mass is 163 g/mol. The predicted octanol–water partition coefficient (Wildman–Crippen LogP) is 1.56. The Morgan fingerprint density at radius 2 is 2.42 bits per heavy atom. The lowest BCUT2D eigenvalue weighted by molar-refractivity contribution is 0.578. The highest BCUT2D eigenvalue weighted by atomic mass is 16.3. The third-order valence-electron chi connectivity index (χ3n) is 1.70. The van der Waals surface area contributed by atoms with Gasteiger partial charge in [0.1, 0.15) is 11.5 Å². The summed E-state index contributed by atoms with van der Waals surface area (Å²) >= 11 is 0. The van der Waals surface area contributed by atoms with Crippen molar-refractivity contribution in [1.82, 2.24) is 10.2 Å². The molecule has 0 unspecified atom stereocenters. The molecule has 2 aromatic rings. The standard InChI is InChI=1S/C8H9N3O/c1-5-2-3-12-8(5)6-4-7(9)11-10-6/h2-4H,1H3,(H3,9,10,11). The molecule has 2 aromatic heterocycles. The van der Waals surface area contributed by atoms with E-state index in [1.807, 2.05) is 13.0 Å². The molecule has 2 heterocycles. The van der Waals surface area contributed by atoms with Gasteiger partial charge in [-0.25, -0.2) is 0 Å². The van der Waals surface area contributed by atoms with Crippen LogP contribution >= 0.6 is 0 Å². The predicted molar refractivity (Wildman–Crippen MR) is 45.4 cm³/mol. The molecular weight excluding hydrogens is 154 g/mol. The van der Waals surface area contributed by atoms with E-state index >= 15 is 0 Å². The first-order chi connectivity index (χ1) is 5.77. The topological polar surface area (TPSA) is 67.8 Å². The van der Waals surface area contributed by atoms with E-state index in [-0.39, 0.29) is 0 Å². The maximum atomic E-state index is 5.45. The minimum absolute atomic E-state index is 0.473. The molecule has 62 valence electrons. The molecule has 0 bridgehead atoms. The van der Waals surface area contributed by atoms with E-state index in [9.17, 15) is 0 Å². The zero-order chi connectivity index (χ0) is 8.55. The largest absolute Gasteiger partial charge is 0.462 e. The number of anilines is 1. The maximum absolute atomic E-state index is 5.45. The Hall–Kier alpha value is -1.71. The molecule has 0 saturated carbocycles. The lowest BCUT2D eigenvalue weighted by Crippen LogP contribution is -1.81. The molecule has 0 fully saturated rings. The summed E-state index contributed by atoms with van der Waals surface area (Å²) in [5, 5.41) is 6.59. The Balaban J connectivity index is 2.50. The van der Waals surface area contributed by atoms with E-state index in [1.54, 1.807) is 12.3 Å². The highest BCUT2D eigenvalue weighted by Gasteiger charge is 2.07. The van der Waals surface area contributed by atoms with Crippen molar-refractivity contribution in [2.24, 2.45) is 0 Å². The summed E-state index contributed by atoms with van der Waals surface area (Å²) in [5.74, 6) is 1.26. The summed E-state index contributed by atoms with van der Waals surface area (Å²) in [6.07, 6.45) is 1.64. The lowest BCUT2D eigenvalue weighted by atomic mass is 10.2. The Bertz CT molecular complexity index is 388. The van der Waals surface area contributed by atoms with E-state index < -0.39 is 0 Å². The molecular formula is C8H9N3O. The van der Waals surface area contributed by atoms with Gasteiger partial charge in [-0.1, -0.05) is 0 Å². The number of nitrogen functional groups attached to an aromatic ring is 1. The number of aromatic nitrogens is 2. The van der Waals surface area contributed by atoms with Gasteiger partial charge in [0.15, 0.2) is 5.76 Å². The Kier molecular flexibility index (Phi) is 1.40. The average molecular weight is 163 g/mol. The van der Waals surface area contributed by atoms with Gasteiger partial charge in [-0.05, 0) is 18.6 Å². The molecule has 0 spiro atoms. The maximum Gasteiger partial charge on any atom is 0.154 e. The van der Waals surface area contributed by atoms with E-state index in [2.05, 4.69) is 10.2 Å². The van der Waals surface area contributed by atoms with Crippen LogP contribution < -0.4 is 5.73 Å². The summed E-state index contributed by atoms with van der Waals surface area (Å²) in [4.78, 5) is 0. The van der Waals surface area contributed by atoms with Crippen LogP contribution in [-0.2, 0) is 0 Å². The number of aryl methyl sites for hydroxylation is 1. The fourth-order valence-corrected chi connectivity index (χ4v) is 1.10. The summed E-state index contributed by atoms with van der Waals surface area (Å²) < 4.78 is 5.24. The number of rotatable bonds is 1. The molecule has 3 N–H and O–H groups in total. The lowest BCUT2D eigenvalue weighted by Gasteiger charge is -1.90. The Morgan fingerprint density at radius 1 is 1.58 bits per heavy atom. The second-order valence-corrected chi connectivity index (χ2v) is 2.64. The number of hydrogen-bond donors (Lipinski definition) is 2. The first-order valence-electron chi connectivity index (χ1n) is 3.63. The molecule has 0 aliphatic heterocycles. The highest BCUT2D eigenvalue weighted by molar-refractivity contribution is 5.59. The van der Waals surface area contributed by atoms with Gasteiger partial charge in [0, 0.05) is 6.07 Å². The van der Waals surface area contributed by atoms with E-state index in [0.717, 1.165) is 17.0 Å². The molecule has 4 heteroatoms. The van der Waals surface area contributed by atoms with Gasteiger partial charge in [-0.3, -0.25) is 5.10 Å². The van der Waals surface area contributed by atoms with Crippen LogP contribution in [0.5, 0.6) is 0 Å². The summed E-state index contributed by atoms with van der Waals surface area (Å²) in [5.41, 5.74) is 7.33. The first kappa shape index (κ1) is 6.97. The van der Waals surface area contributed by atoms with E-state index in [0.29, 0.717) is 5.82 Å². The Labute approximate surface area is 69.4 Å². The van der Waals surface area contributed by atoms with Gasteiger partial charge in [0.05, 0.1) is 6.26 Å².